The lowest BCUT2D eigenvalue weighted by Gasteiger charge is -2.28. The predicted octanol–water partition coefficient (Wildman–Crippen LogP) is 3.11. The van der Waals surface area contributed by atoms with Gasteiger partial charge in [0.15, 0.2) is 0 Å². The molecule has 1 aliphatic heterocycles. The average molecular weight is 340 g/mol. The molecule has 2 N–H and O–H groups in total. The number of aliphatic hydroxyl groups is 1. The van der Waals surface area contributed by atoms with Gasteiger partial charge in [0.25, 0.3) is 0 Å². The highest BCUT2D eigenvalue weighted by atomic mass is 16.3. The maximum absolute atomic E-state index is 8.99. The number of rotatable bonds is 7. The van der Waals surface area contributed by atoms with Crippen LogP contribution in [0.3, 0.4) is 0 Å². The fraction of sp³-hybridized carbons (Fsp3) is 0.450. The lowest BCUT2D eigenvalue weighted by atomic mass is 10.1. The molecule has 25 heavy (non-hydrogen) atoms. The molecule has 0 spiro atoms. The van der Waals surface area contributed by atoms with Gasteiger partial charge in [-0.1, -0.05) is 12.1 Å². The summed E-state index contributed by atoms with van der Waals surface area (Å²) in [4.78, 5) is 8.90. The third-order valence-electron chi connectivity index (χ3n) is 4.76. The number of piperidine rings is 1. The minimum absolute atomic E-state index is 0.143. The van der Waals surface area contributed by atoms with Gasteiger partial charge in [-0.25, -0.2) is 4.98 Å². The molecule has 0 atom stereocenters. The smallest absolute Gasteiger partial charge is 0.126 e. The molecule has 1 aromatic carbocycles. The number of aliphatic hydroxyl groups excluding tert-OH is 1. The molecular weight excluding hydrogens is 312 g/mol. The van der Waals surface area contributed by atoms with E-state index in [4.69, 9.17) is 5.11 Å². The Labute approximate surface area is 150 Å². The van der Waals surface area contributed by atoms with Crippen LogP contribution in [0.25, 0.3) is 0 Å². The van der Waals surface area contributed by atoms with Crippen molar-refractivity contribution in [1.29, 1.82) is 0 Å². The van der Waals surface area contributed by atoms with Gasteiger partial charge < -0.3 is 20.2 Å². The third kappa shape index (κ3) is 4.86. The zero-order chi connectivity index (χ0) is 17.5. The van der Waals surface area contributed by atoms with Crippen molar-refractivity contribution < 1.29 is 5.11 Å². The minimum atomic E-state index is 0.143. The first-order valence-electron chi connectivity index (χ1n) is 9.12. The molecule has 0 bridgehead atoms. The Balaban J connectivity index is 1.52. The van der Waals surface area contributed by atoms with Crippen molar-refractivity contribution in [2.45, 2.75) is 25.8 Å². The van der Waals surface area contributed by atoms with Crippen molar-refractivity contribution in [2.75, 3.05) is 48.4 Å². The Morgan fingerprint density at radius 2 is 1.84 bits per heavy atom. The van der Waals surface area contributed by atoms with Crippen LogP contribution in [0, 0.1) is 0 Å². The van der Waals surface area contributed by atoms with Crippen molar-refractivity contribution in [3.8, 4) is 0 Å². The highest BCUT2D eigenvalue weighted by Crippen LogP contribution is 2.20. The number of nitrogens with one attached hydrogen (secondary N) is 1. The number of benzene rings is 1. The van der Waals surface area contributed by atoms with E-state index in [1.807, 2.05) is 30.3 Å². The van der Waals surface area contributed by atoms with E-state index in [1.54, 1.807) is 0 Å². The van der Waals surface area contributed by atoms with Gasteiger partial charge in [-0.2, -0.15) is 0 Å². The van der Waals surface area contributed by atoms with Gasteiger partial charge >= 0.3 is 0 Å². The van der Waals surface area contributed by atoms with E-state index in [9.17, 15) is 0 Å². The molecule has 5 nitrogen and oxygen atoms in total. The molecule has 0 radical (unpaired) electrons. The second-order valence-corrected chi connectivity index (χ2v) is 6.61. The van der Waals surface area contributed by atoms with Gasteiger partial charge in [0, 0.05) is 38.9 Å². The SMILES string of the molecule is CN(CCO)c1ccc(NCc2ccc(N3CCCCC3)cc2)nc1. The first-order valence-corrected chi connectivity index (χ1v) is 9.12. The third-order valence-corrected chi connectivity index (χ3v) is 4.76. The molecule has 2 aromatic rings. The number of aromatic nitrogens is 1. The zero-order valence-electron chi connectivity index (χ0n) is 15.0. The number of hydrogen-bond acceptors (Lipinski definition) is 5. The molecule has 0 amide bonds. The number of hydrogen-bond donors (Lipinski definition) is 2. The molecule has 2 heterocycles. The first kappa shape index (κ1) is 17.5. The van der Waals surface area contributed by atoms with Gasteiger partial charge in [0.2, 0.25) is 0 Å². The summed E-state index contributed by atoms with van der Waals surface area (Å²) in [6.45, 7) is 3.87. The maximum Gasteiger partial charge on any atom is 0.126 e. The van der Waals surface area contributed by atoms with Crippen LogP contribution in [-0.4, -0.2) is 43.4 Å². The highest BCUT2D eigenvalue weighted by Gasteiger charge is 2.10. The lowest BCUT2D eigenvalue weighted by Crippen LogP contribution is -2.29. The van der Waals surface area contributed by atoms with Crippen molar-refractivity contribution in [3.63, 3.8) is 0 Å². The van der Waals surface area contributed by atoms with Crippen LogP contribution in [0.4, 0.5) is 17.2 Å². The standard InChI is InChI=1S/C20H28N4O/c1-23(13-14-25)19-9-10-20(22-16-19)21-15-17-5-7-18(8-6-17)24-11-3-2-4-12-24/h5-10,16,25H,2-4,11-15H2,1H3,(H,21,22). The molecular formula is C20H28N4O. The minimum Gasteiger partial charge on any atom is -0.395 e. The summed E-state index contributed by atoms with van der Waals surface area (Å²) in [5, 5.41) is 12.4. The largest absolute Gasteiger partial charge is 0.395 e. The summed E-state index contributed by atoms with van der Waals surface area (Å²) >= 11 is 0. The monoisotopic (exact) mass is 340 g/mol. The molecule has 1 saturated heterocycles. The molecule has 5 heteroatoms. The molecule has 134 valence electrons. The Kier molecular flexibility index (Phi) is 6.12. The van der Waals surface area contributed by atoms with Gasteiger partial charge in [-0.3, -0.25) is 0 Å². The van der Waals surface area contributed by atoms with Crippen molar-refractivity contribution in [1.82, 2.24) is 4.98 Å². The fourth-order valence-corrected chi connectivity index (χ4v) is 3.16. The Hall–Kier alpha value is -2.27. The summed E-state index contributed by atoms with van der Waals surface area (Å²) in [5.74, 6) is 0.862. The van der Waals surface area contributed by atoms with Gasteiger partial charge in [-0.15, -0.1) is 0 Å². The van der Waals surface area contributed by atoms with Crippen molar-refractivity contribution in [2.24, 2.45) is 0 Å². The quantitative estimate of drug-likeness (QED) is 0.811. The molecule has 1 aliphatic rings. The topological polar surface area (TPSA) is 51.6 Å². The van der Waals surface area contributed by atoms with Crippen molar-refractivity contribution >= 4 is 17.2 Å². The Morgan fingerprint density at radius 1 is 1.08 bits per heavy atom. The van der Waals surface area contributed by atoms with Crippen LogP contribution >= 0.6 is 0 Å². The van der Waals surface area contributed by atoms with Gasteiger partial charge in [0.1, 0.15) is 5.82 Å². The predicted molar refractivity (Wildman–Crippen MR) is 104 cm³/mol. The number of nitrogens with zero attached hydrogens (tertiary/aromatic N) is 3. The number of pyridine rings is 1. The summed E-state index contributed by atoms with van der Waals surface area (Å²) in [5.41, 5.74) is 3.59. The van der Waals surface area contributed by atoms with Crippen LogP contribution in [0.15, 0.2) is 42.6 Å². The molecule has 1 aromatic heterocycles. The van der Waals surface area contributed by atoms with Gasteiger partial charge in [0.05, 0.1) is 18.5 Å². The first-order chi connectivity index (χ1) is 12.3. The van der Waals surface area contributed by atoms with Gasteiger partial charge in [-0.05, 0) is 49.1 Å². The van der Waals surface area contributed by atoms with Crippen LogP contribution in [0.2, 0.25) is 0 Å². The lowest BCUT2D eigenvalue weighted by molar-refractivity contribution is 0.304. The maximum atomic E-state index is 8.99. The van der Waals surface area contributed by atoms with E-state index >= 15 is 0 Å². The van der Waals surface area contributed by atoms with E-state index in [1.165, 1.54) is 43.6 Å². The van der Waals surface area contributed by atoms with E-state index in [0.717, 1.165) is 18.1 Å². The highest BCUT2D eigenvalue weighted by molar-refractivity contribution is 5.50. The number of likely N-dealkylation sites (N-methyl/N-ethyl adjacent to an activating group) is 1. The second-order valence-electron chi connectivity index (χ2n) is 6.61. The van der Waals surface area contributed by atoms with E-state index in [-0.39, 0.29) is 6.61 Å². The molecule has 0 aliphatic carbocycles. The van der Waals surface area contributed by atoms with E-state index in [0.29, 0.717) is 6.54 Å². The van der Waals surface area contributed by atoms with E-state index in [2.05, 4.69) is 39.5 Å². The Bertz CT molecular complexity index is 636. The second kappa shape index (κ2) is 8.72. The molecule has 3 rings (SSSR count). The van der Waals surface area contributed by atoms with Crippen LogP contribution in [0.5, 0.6) is 0 Å². The zero-order valence-corrected chi connectivity index (χ0v) is 15.0. The van der Waals surface area contributed by atoms with Crippen molar-refractivity contribution in [3.05, 3.63) is 48.2 Å². The van der Waals surface area contributed by atoms with Crippen LogP contribution < -0.4 is 15.1 Å². The average Bonchev–Trinajstić information content (AvgIpc) is 2.68. The van der Waals surface area contributed by atoms with E-state index < -0.39 is 0 Å². The normalized spacial score (nSPS) is 14.4. The summed E-state index contributed by atoms with van der Waals surface area (Å²) in [6.07, 6.45) is 5.80. The Morgan fingerprint density at radius 3 is 2.48 bits per heavy atom. The molecule has 0 unspecified atom stereocenters. The van der Waals surface area contributed by atoms with Crippen LogP contribution in [0.1, 0.15) is 24.8 Å². The summed E-state index contributed by atoms with van der Waals surface area (Å²) in [7, 11) is 1.95. The molecule has 1 fully saturated rings. The fourth-order valence-electron chi connectivity index (χ4n) is 3.16. The molecule has 0 saturated carbocycles. The van der Waals surface area contributed by atoms with Crippen LogP contribution in [-0.2, 0) is 6.54 Å². The number of anilines is 3. The summed E-state index contributed by atoms with van der Waals surface area (Å²) in [6, 6.07) is 12.8. The summed E-state index contributed by atoms with van der Waals surface area (Å²) < 4.78 is 0.